The third-order valence-corrected chi connectivity index (χ3v) is 4.02. The molecule has 0 atom stereocenters. The molecule has 24 heavy (non-hydrogen) atoms. The van der Waals surface area contributed by atoms with Crippen LogP contribution in [0.1, 0.15) is 104 Å². The summed E-state index contributed by atoms with van der Waals surface area (Å²) >= 11 is 0. The van der Waals surface area contributed by atoms with Gasteiger partial charge in [0.25, 0.3) is 0 Å². The molecule has 0 N–H and O–H groups in total. The molecule has 0 unspecified atom stereocenters. The van der Waals surface area contributed by atoms with E-state index in [-0.39, 0.29) is 5.97 Å². The van der Waals surface area contributed by atoms with E-state index in [0.29, 0.717) is 13.0 Å². The molecular formula is C22H38O2. The number of carbonyl (C=O) groups excluding carboxylic acids is 1. The first-order chi connectivity index (χ1) is 11.8. The van der Waals surface area contributed by atoms with Crippen molar-refractivity contribution in [1.29, 1.82) is 0 Å². The summed E-state index contributed by atoms with van der Waals surface area (Å²) in [7, 11) is 0. The molecule has 0 aromatic rings. The van der Waals surface area contributed by atoms with E-state index in [1.54, 1.807) is 0 Å². The Morgan fingerprint density at radius 2 is 1.50 bits per heavy atom. The van der Waals surface area contributed by atoms with Gasteiger partial charge in [0.2, 0.25) is 0 Å². The number of hydrogen-bond donors (Lipinski definition) is 0. The van der Waals surface area contributed by atoms with Crippen molar-refractivity contribution in [2.75, 3.05) is 6.61 Å². The SMILES string of the molecule is CCCCCCCCCCCCC#CC=CCCCC(=O)OCC. The third-order valence-electron chi connectivity index (χ3n) is 4.02. The molecule has 0 aliphatic heterocycles. The van der Waals surface area contributed by atoms with Crippen molar-refractivity contribution in [1.82, 2.24) is 0 Å². The van der Waals surface area contributed by atoms with E-state index in [2.05, 4.69) is 18.8 Å². The van der Waals surface area contributed by atoms with E-state index in [0.717, 1.165) is 19.3 Å². The predicted octanol–water partition coefficient (Wildman–Crippen LogP) is 6.59. The molecule has 2 heteroatoms. The highest BCUT2D eigenvalue weighted by Gasteiger charge is 1.98. The van der Waals surface area contributed by atoms with Gasteiger partial charge in [-0.3, -0.25) is 4.79 Å². The van der Waals surface area contributed by atoms with Crippen molar-refractivity contribution in [3.8, 4) is 11.8 Å². The van der Waals surface area contributed by atoms with Crippen LogP contribution in [0.2, 0.25) is 0 Å². The molecule has 0 aromatic heterocycles. The van der Waals surface area contributed by atoms with Crippen molar-refractivity contribution in [2.24, 2.45) is 0 Å². The van der Waals surface area contributed by atoms with Crippen molar-refractivity contribution in [3.63, 3.8) is 0 Å². The van der Waals surface area contributed by atoms with E-state index in [4.69, 9.17) is 4.74 Å². The summed E-state index contributed by atoms with van der Waals surface area (Å²) < 4.78 is 4.88. The Hall–Kier alpha value is -1.23. The quantitative estimate of drug-likeness (QED) is 0.192. The molecule has 0 saturated heterocycles. The predicted molar refractivity (Wildman–Crippen MR) is 104 cm³/mol. The number of ether oxygens (including phenoxy) is 1. The summed E-state index contributed by atoms with van der Waals surface area (Å²) in [5, 5.41) is 0. The van der Waals surface area contributed by atoms with Crippen LogP contribution in [0.4, 0.5) is 0 Å². The molecule has 0 aromatic carbocycles. The van der Waals surface area contributed by atoms with Gasteiger partial charge in [0.05, 0.1) is 6.61 Å². The van der Waals surface area contributed by atoms with Gasteiger partial charge in [0.1, 0.15) is 0 Å². The highest BCUT2D eigenvalue weighted by molar-refractivity contribution is 5.69. The molecule has 0 saturated carbocycles. The van der Waals surface area contributed by atoms with Crippen LogP contribution < -0.4 is 0 Å². The second-order valence-corrected chi connectivity index (χ2v) is 6.35. The van der Waals surface area contributed by atoms with E-state index < -0.39 is 0 Å². The van der Waals surface area contributed by atoms with Gasteiger partial charge in [0.15, 0.2) is 0 Å². The largest absolute Gasteiger partial charge is 0.466 e. The van der Waals surface area contributed by atoms with Crippen LogP contribution in [0.3, 0.4) is 0 Å². The maximum absolute atomic E-state index is 11.1. The Morgan fingerprint density at radius 3 is 2.12 bits per heavy atom. The third kappa shape index (κ3) is 18.8. The van der Waals surface area contributed by atoms with Gasteiger partial charge in [-0.1, -0.05) is 82.6 Å². The summed E-state index contributed by atoms with van der Waals surface area (Å²) in [5.74, 6) is 6.19. The first-order valence-corrected chi connectivity index (χ1v) is 10.1. The average Bonchev–Trinajstić information content (AvgIpc) is 2.58. The summed E-state index contributed by atoms with van der Waals surface area (Å²) in [6.07, 6.45) is 20.9. The van der Waals surface area contributed by atoms with Crippen LogP contribution in [0, 0.1) is 11.8 Å². The Morgan fingerprint density at radius 1 is 0.875 bits per heavy atom. The van der Waals surface area contributed by atoms with E-state index in [1.165, 1.54) is 64.2 Å². The van der Waals surface area contributed by atoms with Crippen LogP contribution in [-0.4, -0.2) is 12.6 Å². The monoisotopic (exact) mass is 334 g/mol. The summed E-state index contributed by atoms with van der Waals surface area (Å²) in [6, 6.07) is 0. The van der Waals surface area contributed by atoms with Crippen LogP contribution >= 0.6 is 0 Å². The van der Waals surface area contributed by atoms with Crippen LogP contribution in [0.25, 0.3) is 0 Å². The number of unbranched alkanes of at least 4 members (excludes halogenated alkanes) is 11. The van der Waals surface area contributed by atoms with Crippen LogP contribution in [0.15, 0.2) is 12.2 Å². The molecule has 0 heterocycles. The van der Waals surface area contributed by atoms with Gasteiger partial charge < -0.3 is 4.74 Å². The van der Waals surface area contributed by atoms with Crippen LogP contribution in [-0.2, 0) is 9.53 Å². The molecule has 0 amide bonds. The lowest BCUT2D eigenvalue weighted by atomic mass is 10.1. The number of esters is 1. The Labute approximate surface area is 150 Å². The lowest BCUT2D eigenvalue weighted by Crippen LogP contribution is -2.02. The molecule has 138 valence electrons. The zero-order valence-electron chi connectivity index (χ0n) is 16.1. The second-order valence-electron chi connectivity index (χ2n) is 6.35. The van der Waals surface area contributed by atoms with E-state index in [1.807, 2.05) is 19.1 Å². The Balaban J connectivity index is 3.27. The molecule has 0 aliphatic carbocycles. The fourth-order valence-corrected chi connectivity index (χ4v) is 2.57. The van der Waals surface area contributed by atoms with Gasteiger partial charge in [-0.15, -0.1) is 0 Å². The van der Waals surface area contributed by atoms with Crippen molar-refractivity contribution < 1.29 is 9.53 Å². The van der Waals surface area contributed by atoms with Crippen molar-refractivity contribution >= 4 is 5.97 Å². The average molecular weight is 335 g/mol. The molecule has 2 nitrogen and oxygen atoms in total. The maximum atomic E-state index is 11.1. The van der Waals surface area contributed by atoms with Crippen molar-refractivity contribution in [2.45, 2.75) is 104 Å². The molecule has 0 rings (SSSR count). The topological polar surface area (TPSA) is 26.3 Å². The van der Waals surface area contributed by atoms with Crippen molar-refractivity contribution in [3.05, 3.63) is 12.2 Å². The summed E-state index contributed by atoms with van der Waals surface area (Å²) in [6.45, 7) is 4.58. The summed E-state index contributed by atoms with van der Waals surface area (Å²) in [4.78, 5) is 11.1. The zero-order valence-corrected chi connectivity index (χ0v) is 16.1. The number of carbonyl (C=O) groups is 1. The standard InChI is InChI=1S/C22H38O2/c1-3-5-6-7-8-9-10-11-12-13-14-15-16-17-18-19-20-21-22(23)24-4-2/h17-18H,3-14,19-21H2,1-2H3. The molecule has 0 spiro atoms. The lowest BCUT2D eigenvalue weighted by molar-refractivity contribution is -0.143. The molecule has 0 fully saturated rings. The fraction of sp³-hybridized carbons (Fsp3) is 0.773. The highest BCUT2D eigenvalue weighted by atomic mass is 16.5. The number of rotatable bonds is 15. The first-order valence-electron chi connectivity index (χ1n) is 10.1. The number of allylic oxidation sites excluding steroid dienone is 2. The first kappa shape index (κ1) is 22.8. The molecule has 0 radical (unpaired) electrons. The van der Waals surface area contributed by atoms with Gasteiger partial charge in [-0.25, -0.2) is 0 Å². The zero-order chi connectivity index (χ0) is 17.7. The highest BCUT2D eigenvalue weighted by Crippen LogP contribution is 2.10. The maximum Gasteiger partial charge on any atom is 0.305 e. The summed E-state index contributed by atoms with van der Waals surface area (Å²) in [5.41, 5.74) is 0. The minimum atomic E-state index is -0.0991. The van der Waals surface area contributed by atoms with Crippen LogP contribution in [0.5, 0.6) is 0 Å². The van der Waals surface area contributed by atoms with E-state index >= 15 is 0 Å². The minimum absolute atomic E-state index is 0.0991. The molecule has 0 bridgehead atoms. The van der Waals surface area contributed by atoms with Gasteiger partial charge in [-0.2, -0.15) is 0 Å². The molecule has 0 aliphatic rings. The van der Waals surface area contributed by atoms with Gasteiger partial charge >= 0.3 is 5.97 Å². The van der Waals surface area contributed by atoms with Gasteiger partial charge in [0, 0.05) is 12.8 Å². The fourth-order valence-electron chi connectivity index (χ4n) is 2.57. The smallest absolute Gasteiger partial charge is 0.305 e. The Kier molecular flexibility index (Phi) is 18.8. The lowest BCUT2D eigenvalue weighted by Gasteiger charge is -2.00. The van der Waals surface area contributed by atoms with Gasteiger partial charge in [-0.05, 0) is 32.3 Å². The normalized spacial score (nSPS) is 10.6. The van der Waals surface area contributed by atoms with E-state index in [9.17, 15) is 4.79 Å². The minimum Gasteiger partial charge on any atom is -0.466 e. The second kappa shape index (κ2) is 19.8. The molecular weight excluding hydrogens is 296 g/mol. The number of hydrogen-bond acceptors (Lipinski definition) is 2. The Bertz CT molecular complexity index is 360.